The highest BCUT2D eigenvalue weighted by atomic mass is 79.9. The van der Waals surface area contributed by atoms with Crippen molar-refractivity contribution < 1.29 is 4.74 Å². The Morgan fingerprint density at radius 3 is 2.94 bits per heavy atom. The third-order valence-corrected chi connectivity index (χ3v) is 4.07. The van der Waals surface area contributed by atoms with E-state index >= 15 is 0 Å². The molecule has 4 heteroatoms. The summed E-state index contributed by atoms with van der Waals surface area (Å²) >= 11 is 9.37. The molecule has 0 aromatic heterocycles. The number of halogens is 2. The van der Waals surface area contributed by atoms with Crippen LogP contribution in [0.15, 0.2) is 22.7 Å². The summed E-state index contributed by atoms with van der Waals surface area (Å²) in [6.45, 7) is 1.70. The SMILES string of the molecule is CN(c1ccc(CCl)c(Br)c1)C1CCOC1. The largest absolute Gasteiger partial charge is 0.379 e. The third-order valence-electron chi connectivity index (χ3n) is 3.04. The molecule has 0 aliphatic carbocycles. The molecule has 1 aliphatic heterocycles. The van der Waals surface area contributed by atoms with Crippen molar-refractivity contribution in [3.63, 3.8) is 0 Å². The van der Waals surface area contributed by atoms with Crippen LogP contribution in [0.3, 0.4) is 0 Å². The van der Waals surface area contributed by atoms with Crippen LogP contribution in [0.2, 0.25) is 0 Å². The van der Waals surface area contributed by atoms with Crippen LogP contribution in [0, 0.1) is 0 Å². The normalized spacial score (nSPS) is 20.1. The van der Waals surface area contributed by atoms with E-state index < -0.39 is 0 Å². The van der Waals surface area contributed by atoms with Gasteiger partial charge in [0.2, 0.25) is 0 Å². The molecule has 88 valence electrons. The number of hydrogen-bond donors (Lipinski definition) is 0. The van der Waals surface area contributed by atoms with Crippen molar-refractivity contribution in [3.8, 4) is 0 Å². The minimum atomic E-state index is 0.494. The van der Waals surface area contributed by atoms with E-state index in [1.807, 2.05) is 0 Å². The second-order valence-electron chi connectivity index (χ2n) is 4.04. The fourth-order valence-electron chi connectivity index (χ4n) is 1.90. The zero-order valence-electron chi connectivity index (χ0n) is 9.25. The van der Waals surface area contributed by atoms with E-state index in [4.69, 9.17) is 16.3 Å². The molecule has 16 heavy (non-hydrogen) atoms. The first-order valence-electron chi connectivity index (χ1n) is 5.37. The number of likely N-dealkylation sites (N-methyl/N-ethyl adjacent to an activating group) is 1. The van der Waals surface area contributed by atoms with Crippen LogP contribution in [0.1, 0.15) is 12.0 Å². The fourth-order valence-corrected chi connectivity index (χ4v) is 2.80. The van der Waals surface area contributed by atoms with E-state index in [0.29, 0.717) is 11.9 Å². The number of ether oxygens (including phenoxy) is 1. The van der Waals surface area contributed by atoms with Crippen molar-refractivity contribution in [1.82, 2.24) is 0 Å². The van der Waals surface area contributed by atoms with Crippen LogP contribution < -0.4 is 4.90 Å². The van der Waals surface area contributed by atoms with Crippen LogP contribution in [-0.4, -0.2) is 26.3 Å². The van der Waals surface area contributed by atoms with Crippen molar-refractivity contribution in [1.29, 1.82) is 0 Å². The Kier molecular flexibility index (Phi) is 4.11. The highest BCUT2D eigenvalue weighted by molar-refractivity contribution is 9.10. The Balaban J connectivity index is 2.16. The minimum absolute atomic E-state index is 0.494. The van der Waals surface area contributed by atoms with Crippen molar-refractivity contribution >= 4 is 33.2 Å². The van der Waals surface area contributed by atoms with Crippen LogP contribution in [-0.2, 0) is 10.6 Å². The first-order chi connectivity index (χ1) is 7.72. The summed E-state index contributed by atoms with van der Waals surface area (Å²) in [5.41, 5.74) is 2.33. The Labute approximate surface area is 110 Å². The molecule has 0 spiro atoms. The van der Waals surface area contributed by atoms with E-state index in [0.717, 1.165) is 29.7 Å². The fraction of sp³-hybridized carbons (Fsp3) is 0.500. The molecule has 1 fully saturated rings. The van der Waals surface area contributed by atoms with E-state index in [2.05, 4.69) is 46.1 Å². The quantitative estimate of drug-likeness (QED) is 0.794. The molecule has 1 aromatic carbocycles. The van der Waals surface area contributed by atoms with Crippen LogP contribution in [0.4, 0.5) is 5.69 Å². The van der Waals surface area contributed by atoms with Gasteiger partial charge < -0.3 is 9.64 Å². The molecule has 0 amide bonds. The smallest absolute Gasteiger partial charge is 0.0670 e. The molecule has 1 heterocycles. The lowest BCUT2D eigenvalue weighted by molar-refractivity contribution is 0.193. The lowest BCUT2D eigenvalue weighted by Gasteiger charge is -2.25. The molecule has 0 saturated carbocycles. The number of nitrogens with zero attached hydrogens (tertiary/aromatic N) is 1. The van der Waals surface area contributed by atoms with Crippen molar-refractivity contribution in [2.45, 2.75) is 18.3 Å². The highest BCUT2D eigenvalue weighted by Gasteiger charge is 2.20. The van der Waals surface area contributed by atoms with Crippen LogP contribution in [0.5, 0.6) is 0 Å². The van der Waals surface area contributed by atoms with Gasteiger partial charge in [-0.2, -0.15) is 0 Å². The first-order valence-corrected chi connectivity index (χ1v) is 6.70. The molecule has 0 bridgehead atoms. The molecule has 1 atom stereocenters. The number of alkyl halides is 1. The summed E-state index contributed by atoms with van der Waals surface area (Å²) in [6, 6.07) is 6.80. The molecule has 1 saturated heterocycles. The Hall–Kier alpha value is -0.250. The van der Waals surface area contributed by atoms with Gasteiger partial charge in [-0.25, -0.2) is 0 Å². The topological polar surface area (TPSA) is 12.5 Å². The molecule has 1 unspecified atom stereocenters. The maximum atomic E-state index is 5.83. The lowest BCUT2D eigenvalue weighted by atomic mass is 10.1. The van der Waals surface area contributed by atoms with Gasteiger partial charge in [0.05, 0.1) is 12.6 Å². The van der Waals surface area contributed by atoms with Crippen molar-refractivity contribution in [2.75, 3.05) is 25.2 Å². The summed E-state index contributed by atoms with van der Waals surface area (Å²) in [6.07, 6.45) is 1.10. The monoisotopic (exact) mass is 303 g/mol. The van der Waals surface area contributed by atoms with Gasteiger partial charge in [0.15, 0.2) is 0 Å². The van der Waals surface area contributed by atoms with Gasteiger partial charge >= 0.3 is 0 Å². The zero-order valence-corrected chi connectivity index (χ0v) is 11.6. The van der Waals surface area contributed by atoms with Gasteiger partial charge in [-0.1, -0.05) is 22.0 Å². The molecule has 1 aromatic rings. The average molecular weight is 305 g/mol. The van der Waals surface area contributed by atoms with Gasteiger partial charge in [0.1, 0.15) is 0 Å². The van der Waals surface area contributed by atoms with Gasteiger partial charge in [0.25, 0.3) is 0 Å². The molecular weight excluding hydrogens is 289 g/mol. The van der Waals surface area contributed by atoms with E-state index in [-0.39, 0.29) is 0 Å². The Bertz CT molecular complexity index is 366. The summed E-state index contributed by atoms with van der Waals surface area (Å²) in [5, 5.41) is 0. The van der Waals surface area contributed by atoms with Gasteiger partial charge in [-0.05, 0) is 24.1 Å². The maximum Gasteiger partial charge on any atom is 0.0670 e. The molecule has 0 radical (unpaired) electrons. The first kappa shape index (κ1) is 12.2. The molecular formula is C12H15BrClNO. The molecule has 0 N–H and O–H groups in total. The zero-order chi connectivity index (χ0) is 11.5. The van der Waals surface area contributed by atoms with E-state index in [1.54, 1.807) is 0 Å². The second-order valence-corrected chi connectivity index (χ2v) is 5.16. The van der Waals surface area contributed by atoms with Gasteiger partial charge in [-0.3, -0.25) is 0 Å². The van der Waals surface area contributed by atoms with Gasteiger partial charge in [0, 0.05) is 29.7 Å². The minimum Gasteiger partial charge on any atom is -0.379 e. The summed E-state index contributed by atoms with van der Waals surface area (Å²) in [5.74, 6) is 0.539. The van der Waals surface area contributed by atoms with E-state index in [1.165, 1.54) is 5.69 Å². The summed E-state index contributed by atoms with van der Waals surface area (Å²) in [4.78, 5) is 2.27. The van der Waals surface area contributed by atoms with E-state index in [9.17, 15) is 0 Å². The summed E-state index contributed by atoms with van der Waals surface area (Å²) in [7, 11) is 2.11. The Morgan fingerprint density at radius 1 is 1.56 bits per heavy atom. The number of hydrogen-bond acceptors (Lipinski definition) is 2. The predicted octanol–water partition coefficient (Wildman–Crippen LogP) is 3.41. The molecule has 2 nitrogen and oxygen atoms in total. The van der Waals surface area contributed by atoms with Crippen LogP contribution in [0.25, 0.3) is 0 Å². The van der Waals surface area contributed by atoms with Gasteiger partial charge in [-0.15, -0.1) is 11.6 Å². The number of benzene rings is 1. The average Bonchev–Trinajstić information content (AvgIpc) is 2.81. The van der Waals surface area contributed by atoms with Crippen LogP contribution >= 0.6 is 27.5 Å². The molecule has 1 aliphatic rings. The molecule has 2 rings (SSSR count). The summed E-state index contributed by atoms with van der Waals surface area (Å²) < 4.78 is 6.48. The lowest BCUT2D eigenvalue weighted by Crippen LogP contribution is -2.31. The number of rotatable bonds is 3. The highest BCUT2D eigenvalue weighted by Crippen LogP contribution is 2.27. The predicted molar refractivity (Wildman–Crippen MR) is 71.3 cm³/mol. The maximum absolute atomic E-state index is 5.83. The third kappa shape index (κ3) is 2.53. The Morgan fingerprint density at radius 2 is 2.38 bits per heavy atom. The van der Waals surface area contributed by atoms with Crippen molar-refractivity contribution in [2.24, 2.45) is 0 Å². The number of anilines is 1. The van der Waals surface area contributed by atoms with Crippen molar-refractivity contribution in [3.05, 3.63) is 28.2 Å². The standard InChI is InChI=1S/C12H15BrClNO/c1-15(11-4-5-16-8-11)10-3-2-9(7-14)12(13)6-10/h2-3,6,11H,4-5,7-8H2,1H3. The second kappa shape index (κ2) is 5.39.